The van der Waals surface area contributed by atoms with Crippen molar-refractivity contribution in [3.63, 3.8) is 0 Å². The molecule has 2 aromatic carbocycles. The molecule has 3 aromatic rings. The molecule has 1 saturated heterocycles. The number of nitrogens with two attached hydrogens (primary N) is 1. The van der Waals surface area contributed by atoms with Crippen LogP contribution in [0.1, 0.15) is 0 Å². The number of anilines is 4. The van der Waals surface area contributed by atoms with Gasteiger partial charge in [0.15, 0.2) is 11.0 Å². The van der Waals surface area contributed by atoms with Crippen molar-refractivity contribution in [2.45, 2.75) is 0 Å². The van der Waals surface area contributed by atoms with Crippen LogP contribution in [-0.4, -0.2) is 48.1 Å². The number of piperazine rings is 1. The Bertz CT molecular complexity index is 1010. The number of benzene rings is 2. The minimum Gasteiger partial charge on any atom is -0.393 e. The zero-order valence-corrected chi connectivity index (χ0v) is 16.8. The Morgan fingerprint density at radius 2 is 1.79 bits per heavy atom. The summed E-state index contributed by atoms with van der Waals surface area (Å²) in [5.74, 6) is 0.121. The number of nitrogens with one attached hydrogen (secondary N) is 1. The predicted molar refractivity (Wildman–Crippen MR) is 116 cm³/mol. The number of aromatic nitrogens is 2. The molecule has 0 saturated carbocycles. The molecule has 3 N–H and O–H groups in total. The fraction of sp³-hybridized carbons (Fsp3) is 0.238. The quantitative estimate of drug-likeness (QED) is 0.631. The van der Waals surface area contributed by atoms with Crippen molar-refractivity contribution in [3.8, 4) is 11.1 Å². The van der Waals surface area contributed by atoms with Gasteiger partial charge < -0.3 is 20.9 Å². The summed E-state index contributed by atoms with van der Waals surface area (Å²) in [5, 5.41) is 3.42. The lowest BCUT2D eigenvalue weighted by molar-refractivity contribution is 0.313. The van der Waals surface area contributed by atoms with Crippen molar-refractivity contribution in [1.29, 1.82) is 0 Å². The lowest BCUT2D eigenvalue weighted by Crippen LogP contribution is -2.44. The topological polar surface area (TPSA) is 70.3 Å². The zero-order chi connectivity index (χ0) is 20.4. The fourth-order valence-electron chi connectivity index (χ4n) is 3.41. The van der Waals surface area contributed by atoms with Gasteiger partial charge in [-0.2, -0.15) is 0 Å². The van der Waals surface area contributed by atoms with E-state index in [1.54, 1.807) is 12.1 Å². The maximum Gasteiger partial charge on any atom is 0.158 e. The van der Waals surface area contributed by atoms with Gasteiger partial charge in [-0.3, -0.25) is 0 Å². The van der Waals surface area contributed by atoms with Crippen LogP contribution in [0.2, 0.25) is 5.15 Å². The van der Waals surface area contributed by atoms with Gasteiger partial charge in [0.1, 0.15) is 17.8 Å². The van der Waals surface area contributed by atoms with Gasteiger partial charge in [-0.05, 0) is 24.7 Å². The van der Waals surface area contributed by atoms with Crippen LogP contribution in [0.4, 0.5) is 27.3 Å². The van der Waals surface area contributed by atoms with Crippen LogP contribution in [-0.2, 0) is 0 Å². The summed E-state index contributed by atoms with van der Waals surface area (Å²) in [7, 11) is 2.08. The van der Waals surface area contributed by atoms with Crippen LogP contribution in [0.5, 0.6) is 0 Å². The zero-order valence-electron chi connectivity index (χ0n) is 16.1. The number of rotatable bonds is 4. The third-order valence-electron chi connectivity index (χ3n) is 5.10. The van der Waals surface area contributed by atoms with E-state index in [9.17, 15) is 0 Å². The van der Waals surface area contributed by atoms with Crippen LogP contribution >= 0.6 is 11.6 Å². The summed E-state index contributed by atoms with van der Waals surface area (Å²) in [6.07, 6.45) is 1.35. The van der Waals surface area contributed by atoms with Crippen molar-refractivity contribution in [2.75, 3.05) is 49.2 Å². The van der Waals surface area contributed by atoms with Crippen molar-refractivity contribution < 1.29 is 4.39 Å². The maximum absolute atomic E-state index is 15.1. The summed E-state index contributed by atoms with van der Waals surface area (Å²) in [5.41, 5.74) is 9.09. The Labute approximate surface area is 174 Å². The first-order valence-corrected chi connectivity index (χ1v) is 9.76. The lowest BCUT2D eigenvalue weighted by Gasteiger charge is -2.35. The highest BCUT2D eigenvalue weighted by molar-refractivity contribution is 6.32. The average molecular weight is 413 g/mol. The highest BCUT2D eigenvalue weighted by atomic mass is 35.5. The maximum atomic E-state index is 15.1. The average Bonchev–Trinajstić information content (AvgIpc) is 2.73. The molecule has 2 heterocycles. The Hall–Kier alpha value is -2.90. The van der Waals surface area contributed by atoms with E-state index in [2.05, 4.69) is 32.1 Å². The molecule has 1 aliphatic heterocycles. The van der Waals surface area contributed by atoms with Gasteiger partial charge in [0.2, 0.25) is 0 Å². The van der Waals surface area contributed by atoms with Crippen molar-refractivity contribution in [3.05, 3.63) is 59.8 Å². The van der Waals surface area contributed by atoms with E-state index in [1.165, 1.54) is 6.33 Å². The Morgan fingerprint density at radius 1 is 1.07 bits per heavy atom. The lowest BCUT2D eigenvalue weighted by atomic mass is 10.0. The van der Waals surface area contributed by atoms with E-state index in [0.717, 1.165) is 43.1 Å². The molecule has 0 spiro atoms. The molecule has 1 aromatic heterocycles. The smallest absolute Gasteiger partial charge is 0.158 e. The van der Waals surface area contributed by atoms with Crippen LogP contribution in [0, 0.1) is 5.82 Å². The molecular weight excluding hydrogens is 391 g/mol. The first kappa shape index (κ1) is 19.4. The second kappa shape index (κ2) is 8.23. The molecule has 0 radical (unpaired) electrons. The highest BCUT2D eigenvalue weighted by Gasteiger charge is 2.21. The number of hydrogen-bond donors (Lipinski definition) is 2. The molecule has 1 aliphatic rings. The van der Waals surface area contributed by atoms with Crippen molar-refractivity contribution in [1.82, 2.24) is 14.9 Å². The largest absolute Gasteiger partial charge is 0.393 e. The molecule has 0 unspecified atom stereocenters. The van der Waals surface area contributed by atoms with Gasteiger partial charge in [-0.1, -0.05) is 41.9 Å². The number of hydrogen-bond acceptors (Lipinski definition) is 6. The highest BCUT2D eigenvalue weighted by Crippen LogP contribution is 2.37. The van der Waals surface area contributed by atoms with Crippen LogP contribution in [0.25, 0.3) is 11.1 Å². The van der Waals surface area contributed by atoms with E-state index in [1.807, 2.05) is 30.3 Å². The molecule has 29 heavy (non-hydrogen) atoms. The summed E-state index contributed by atoms with van der Waals surface area (Å²) < 4.78 is 15.1. The fourth-order valence-corrected chi connectivity index (χ4v) is 3.55. The Balaban J connectivity index is 1.79. The summed E-state index contributed by atoms with van der Waals surface area (Å²) in [6.45, 7) is 3.41. The SMILES string of the molecule is CN1CCN(c2cc(F)c(-c3ccccc3)cc2Nc2ncnc(Cl)c2N)CC1. The van der Waals surface area contributed by atoms with E-state index in [-0.39, 0.29) is 16.7 Å². The Kier molecular flexibility index (Phi) is 5.51. The number of likely N-dealkylation sites (N-methyl/N-ethyl adjacent to an activating group) is 1. The van der Waals surface area contributed by atoms with Crippen molar-refractivity contribution in [2.24, 2.45) is 0 Å². The summed E-state index contributed by atoms with van der Waals surface area (Å²) in [6, 6.07) is 12.8. The van der Waals surface area contributed by atoms with E-state index in [0.29, 0.717) is 11.4 Å². The molecule has 0 aliphatic carbocycles. The van der Waals surface area contributed by atoms with E-state index < -0.39 is 0 Å². The molecule has 1 fully saturated rings. The Morgan fingerprint density at radius 3 is 2.52 bits per heavy atom. The minimum atomic E-state index is -0.274. The number of halogens is 2. The number of nitrogen functional groups attached to an aromatic ring is 1. The van der Waals surface area contributed by atoms with Gasteiger partial charge in [0, 0.05) is 31.7 Å². The molecule has 0 amide bonds. The van der Waals surface area contributed by atoms with Crippen LogP contribution in [0.15, 0.2) is 48.8 Å². The number of nitrogens with zero attached hydrogens (tertiary/aromatic N) is 4. The van der Waals surface area contributed by atoms with Crippen LogP contribution < -0.4 is 16.0 Å². The van der Waals surface area contributed by atoms with E-state index in [4.69, 9.17) is 17.3 Å². The van der Waals surface area contributed by atoms with Gasteiger partial charge in [-0.25, -0.2) is 14.4 Å². The van der Waals surface area contributed by atoms with Gasteiger partial charge in [-0.15, -0.1) is 0 Å². The first-order chi connectivity index (χ1) is 14.0. The summed E-state index contributed by atoms with van der Waals surface area (Å²) in [4.78, 5) is 12.5. The second-order valence-electron chi connectivity index (χ2n) is 7.06. The van der Waals surface area contributed by atoms with E-state index >= 15 is 4.39 Å². The third-order valence-corrected chi connectivity index (χ3v) is 5.40. The van der Waals surface area contributed by atoms with Gasteiger partial charge in [0.25, 0.3) is 0 Å². The minimum absolute atomic E-state index is 0.175. The molecule has 0 atom stereocenters. The first-order valence-electron chi connectivity index (χ1n) is 9.38. The summed E-state index contributed by atoms with van der Waals surface area (Å²) >= 11 is 6.04. The molecule has 150 valence electrons. The van der Waals surface area contributed by atoms with Crippen molar-refractivity contribution >= 4 is 34.5 Å². The normalized spacial score (nSPS) is 14.8. The molecule has 4 rings (SSSR count). The second-order valence-corrected chi connectivity index (χ2v) is 7.42. The van der Waals surface area contributed by atoms with Gasteiger partial charge in [0.05, 0.1) is 11.4 Å². The third kappa shape index (κ3) is 4.11. The predicted octanol–water partition coefficient (Wildman–Crippen LogP) is 4.01. The molecule has 0 bridgehead atoms. The van der Waals surface area contributed by atoms with Gasteiger partial charge >= 0.3 is 0 Å². The molecule has 6 nitrogen and oxygen atoms in total. The molecular formula is C21H22ClFN6. The monoisotopic (exact) mass is 412 g/mol. The van der Waals surface area contributed by atoms with Crippen LogP contribution in [0.3, 0.4) is 0 Å². The standard InChI is InChI=1S/C21H22ClFN6/c1-28-7-9-29(10-8-28)18-12-16(23)15(14-5-3-2-4-6-14)11-17(18)27-21-19(24)20(22)25-13-26-21/h2-6,11-13H,7-10,24H2,1H3,(H,25,26,27). The molecule has 8 heteroatoms.